The first kappa shape index (κ1) is 48.2. The predicted molar refractivity (Wildman–Crippen MR) is 191 cm³/mol. The number of carbonyl (C=O) groups is 7. The molecule has 0 saturated heterocycles. The molecule has 8 N–H and O–H groups in total. The molecule has 17 nitrogen and oxygen atoms in total. The third-order valence-corrected chi connectivity index (χ3v) is 8.42. The van der Waals surface area contributed by atoms with Crippen molar-refractivity contribution in [3.63, 3.8) is 0 Å². The van der Waals surface area contributed by atoms with Crippen molar-refractivity contribution >= 4 is 41.4 Å². The monoisotopic (exact) mass is 743 g/mol. The standard InChI is InChI=1S/C35H65N7O10/c1-5-8-11-20-30(44)40(50)23-14-17-27(33(36)47)38-35(49)29(19-16-25-42(52)32(46)22-13-10-7-3)39-34(48)28(37-26(4)43)18-15-24-41(51)31(45)21-12-9-6-2/h27-29,50-52H,5-25H2,1-4H3,(H2,36,47)(H,37,43)(H,38,49)(H,39,48). The summed E-state index contributed by atoms with van der Waals surface area (Å²) in [6.07, 6.45) is 7.80. The van der Waals surface area contributed by atoms with Crippen molar-refractivity contribution in [1.82, 2.24) is 31.1 Å². The lowest BCUT2D eigenvalue weighted by Crippen LogP contribution is -2.56. The van der Waals surface area contributed by atoms with Crippen molar-refractivity contribution in [3.8, 4) is 0 Å². The maximum atomic E-state index is 13.5. The summed E-state index contributed by atoms with van der Waals surface area (Å²) in [5, 5.41) is 39.8. The summed E-state index contributed by atoms with van der Waals surface area (Å²) in [6, 6.07) is -3.66. The topological polar surface area (TPSA) is 252 Å². The van der Waals surface area contributed by atoms with Crippen LogP contribution in [0.3, 0.4) is 0 Å². The zero-order valence-electron chi connectivity index (χ0n) is 31.7. The van der Waals surface area contributed by atoms with Gasteiger partial charge in [0.15, 0.2) is 0 Å². The van der Waals surface area contributed by atoms with E-state index in [9.17, 15) is 49.2 Å². The van der Waals surface area contributed by atoms with E-state index in [4.69, 9.17) is 5.73 Å². The zero-order valence-corrected chi connectivity index (χ0v) is 31.7. The van der Waals surface area contributed by atoms with E-state index in [2.05, 4.69) is 16.0 Å². The molecule has 0 bridgehead atoms. The smallest absolute Gasteiger partial charge is 0.245 e. The number of rotatable bonds is 30. The van der Waals surface area contributed by atoms with Gasteiger partial charge in [0.1, 0.15) is 18.1 Å². The van der Waals surface area contributed by atoms with E-state index in [0.29, 0.717) is 34.5 Å². The van der Waals surface area contributed by atoms with Crippen LogP contribution < -0.4 is 21.7 Å². The number of hydrogen-bond donors (Lipinski definition) is 7. The second kappa shape index (κ2) is 28.7. The molecule has 3 unspecified atom stereocenters. The van der Waals surface area contributed by atoms with E-state index >= 15 is 0 Å². The van der Waals surface area contributed by atoms with E-state index in [1.165, 1.54) is 6.92 Å². The average molecular weight is 744 g/mol. The van der Waals surface area contributed by atoms with Gasteiger partial charge in [-0.15, -0.1) is 0 Å². The Kier molecular flexibility index (Phi) is 26.6. The third kappa shape index (κ3) is 22.2. The Labute approximate surface area is 308 Å². The maximum Gasteiger partial charge on any atom is 0.245 e. The highest BCUT2D eigenvalue weighted by Crippen LogP contribution is 2.10. The number of carbonyl (C=O) groups excluding carboxylic acids is 7. The van der Waals surface area contributed by atoms with E-state index < -0.39 is 59.5 Å². The van der Waals surface area contributed by atoms with Crippen molar-refractivity contribution in [2.75, 3.05) is 19.6 Å². The summed E-state index contributed by atoms with van der Waals surface area (Å²) in [6.45, 7) is 6.83. The quantitative estimate of drug-likeness (QED) is 0.0322. The van der Waals surface area contributed by atoms with Crippen LogP contribution >= 0.6 is 0 Å². The molecule has 0 aliphatic heterocycles. The Balaban J connectivity index is 5.69. The molecule has 0 aromatic rings. The summed E-state index contributed by atoms with van der Waals surface area (Å²) >= 11 is 0. The van der Waals surface area contributed by atoms with E-state index in [0.717, 1.165) is 38.5 Å². The van der Waals surface area contributed by atoms with Gasteiger partial charge in [-0.05, 0) is 57.8 Å². The largest absolute Gasteiger partial charge is 0.368 e. The fourth-order valence-corrected chi connectivity index (χ4v) is 5.29. The Bertz CT molecular complexity index is 1110. The second-order valence-corrected chi connectivity index (χ2v) is 13.1. The van der Waals surface area contributed by atoms with Gasteiger partial charge in [0.25, 0.3) is 0 Å². The van der Waals surface area contributed by atoms with Gasteiger partial charge in [-0.3, -0.25) is 49.2 Å². The Morgan fingerprint density at radius 3 is 1.12 bits per heavy atom. The molecular formula is C35H65N7O10. The van der Waals surface area contributed by atoms with E-state index in [-0.39, 0.29) is 77.4 Å². The van der Waals surface area contributed by atoms with Crippen LogP contribution in [0.15, 0.2) is 0 Å². The van der Waals surface area contributed by atoms with Gasteiger partial charge in [-0.1, -0.05) is 59.3 Å². The lowest BCUT2D eigenvalue weighted by Gasteiger charge is -2.25. The lowest BCUT2D eigenvalue weighted by atomic mass is 10.1. The summed E-state index contributed by atoms with van der Waals surface area (Å²) in [7, 11) is 0. The highest BCUT2D eigenvalue weighted by Gasteiger charge is 2.29. The summed E-state index contributed by atoms with van der Waals surface area (Å²) in [5.41, 5.74) is 5.55. The summed E-state index contributed by atoms with van der Waals surface area (Å²) < 4.78 is 0. The van der Waals surface area contributed by atoms with Crippen LogP contribution in [0.25, 0.3) is 0 Å². The molecule has 300 valence electrons. The average Bonchev–Trinajstić information content (AvgIpc) is 3.09. The number of primary amides is 1. The number of nitrogens with one attached hydrogen (secondary N) is 3. The molecule has 0 aromatic heterocycles. The van der Waals surface area contributed by atoms with Crippen molar-refractivity contribution in [2.45, 2.75) is 161 Å². The number of nitrogens with two attached hydrogens (primary N) is 1. The first-order valence-corrected chi connectivity index (χ1v) is 18.8. The molecule has 17 heteroatoms. The molecule has 7 amide bonds. The second-order valence-electron chi connectivity index (χ2n) is 13.1. The molecule has 0 aromatic carbocycles. The number of hydrogen-bond acceptors (Lipinski definition) is 10. The molecule has 52 heavy (non-hydrogen) atoms. The summed E-state index contributed by atoms with van der Waals surface area (Å²) in [4.78, 5) is 87.8. The Hall–Kier alpha value is -3.83. The van der Waals surface area contributed by atoms with Gasteiger partial charge < -0.3 is 21.7 Å². The minimum atomic E-state index is -1.29. The van der Waals surface area contributed by atoms with Gasteiger partial charge in [0.05, 0.1) is 0 Å². The van der Waals surface area contributed by atoms with Crippen LogP contribution in [-0.4, -0.2) is 110 Å². The molecule has 3 atom stereocenters. The van der Waals surface area contributed by atoms with Gasteiger partial charge in [0, 0.05) is 45.8 Å². The van der Waals surface area contributed by atoms with Crippen LogP contribution in [0.1, 0.15) is 143 Å². The fraction of sp³-hybridized carbons (Fsp3) is 0.800. The lowest BCUT2D eigenvalue weighted by molar-refractivity contribution is -0.166. The van der Waals surface area contributed by atoms with E-state index in [1.54, 1.807) is 0 Å². The molecule has 0 radical (unpaired) electrons. The maximum absolute atomic E-state index is 13.5. The third-order valence-electron chi connectivity index (χ3n) is 8.42. The fourth-order valence-electron chi connectivity index (χ4n) is 5.29. The van der Waals surface area contributed by atoms with Crippen molar-refractivity contribution in [1.29, 1.82) is 0 Å². The first-order chi connectivity index (χ1) is 24.7. The molecule has 0 spiro atoms. The zero-order chi connectivity index (χ0) is 39.5. The molecule has 0 aliphatic carbocycles. The van der Waals surface area contributed by atoms with Gasteiger partial charge >= 0.3 is 0 Å². The first-order valence-electron chi connectivity index (χ1n) is 18.8. The van der Waals surface area contributed by atoms with Crippen molar-refractivity contribution < 1.29 is 49.2 Å². The van der Waals surface area contributed by atoms with Gasteiger partial charge in [-0.2, -0.15) is 0 Å². The number of unbranched alkanes of at least 4 members (excludes halogenated alkanes) is 6. The molecular weight excluding hydrogens is 678 g/mol. The highest BCUT2D eigenvalue weighted by atomic mass is 16.5. The Morgan fingerprint density at radius 2 is 0.808 bits per heavy atom. The minimum Gasteiger partial charge on any atom is -0.368 e. The molecule has 0 fully saturated rings. The number of nitrogens with zero attached hydrogens (tertiary/aromatic N) is 3. The SMILES string of the molecule is CCCCCC(=O)N(O)CCCC(NC(=O)C(CCCN(O)C(=O)CCCCC)NC(=O)C(CCCN(O)C(=O)CCCCC)NC(C)=O)C(N)=O. The van der Waals surface area contributed by atoms with Gasteiger partial charge in [0.2, 0.25) is 41.4 Å². The van der Waals surface area contributed by atoms with Crippen molar-refractivity contribution in [3.05, 3.63) is 0 Å². The predicted octanol–water partition coefficient (Wildman–Crippen LogP) is 2.68. The van der Waals surface area contributed by atoms with Crippen LogP contribution in [0, 0.1) is 0 Å². The van der Waals surface area contributed by atoms with Crippen LogP contribution in [-0.2, 0) is 33.6 Å². The number of amides is 7. The molecule has 0 heterocycles. The Morgan fingerprint density at radius 1 is 0.500 bits per heavy atom. The number of hydroxylamine groups is 6. The molecule has 0 saturated carbocycles. The normalized spacial score (nSPS) is 12.6. The van der Waals surface area contributed by atoms with E-state index in [1.807, 2.05) is 20.8 Å². The highest BCUT2D eigenvalue weighted by molar-refractivity contribution is 5.93. The summed E-state index contributed by atoms with van der Waals surface area (Å²) in [5.74, 6) is -4.37. The van der Waals surface area contributed by atoms with Crippen LogP contribution in [0.2, 0.25) is 0 Å². The molecule has 0 aliphatic rings. The molecule has 0 rings (SSSR count). The van der Waals surface area contributed by atoms with Crippen LogP contribution in [0.4, 0.5) is 0 Å². The van der Waals surface area contributed by atoms with Crippen LogP contribution in [0.5, 0.6) is 0 Å². The van der Waals surface area contributed by atoms with Crippen molar-refractivity contribution in [2.24, 2.45) is 5.73 Å². The van der Waals surface area contributed by atoms with Gasteiger partial charge in [-0.25, -0.2) is 15.2 Å². The minimum absolute atomic E-state index is 0.00840.